The van der Waals surface area contributed by atoms with Crippen molar-refractivity contribution in [3.63, 3.8) is 0 Å². The van der Waals surface area contributed by atoms with Crippen molar-refractivity contribution in [1.82, 2.24) is 0 Å². The molecule has 6 nitrogen and oxygen atoms in total. The fourth-order valence-corrected chi connectivity index (χ4v) is 12.5. The molecule has 5 aliphatic heterocycles. The summed E-state index contributed by atoms with van der Waals surface area (Å²) in [5.74, 6) is 0. The Bertz CT molecular complexity index is 2730. The average molecular weight is 1290 g/mol. The molecule has 466 valence electrons. The maximum atomic E-state index is 12.5. The molecule has 0 N–H and O–H groups in total. The van der Waals surface area contributed by atoms with E-state index in [2.05, 4.69) is 243 Å². The van der Waals surface area contributed by atoms with Gasteiger partial charge in [-0.1, -0.05) is 327 Å². The van der Waals surface area contributed by atoms with E-state index in [1.54, 1.807) is 6.92 Å². The Labute approximate surface area is 570 Å². The summed E-state index contributed by atoms with van der Waals surface area (Å²) in [4.78, 5) is 0. The van der Waals surface area contributed by atoms with Gasteiger partial charge in [0.25, 0.3) is 0 Å². The van der Waals surface area contributed by atoms with Crippen LogP contribution in [0, 0.1) is 0 Å². The number of hydrogen-bond donors (Lipinski definition) is 0. The van der Waals surface area contributed by atoms with E-state index >= 15 is 0 Å². The molecule has 15 rings (SSSR count). The van der Waals surface area contributed by atoms with Crippen molar-refractivity contribution < 1.29 is 61.5 Å². The molecule has 9 heteroatoms. The van der Waals surface area contributed by atoms with Gasteiger partial charge >= 0.3 is 32.7 Å². The van der Waals surface area contributed by atoms with Gasteiger partial charge in [-0.15, -0.1) is 0 Å². The summed E-state index contributed by atoms with van der Waals surface area (Å²) in [6, 6.07) is 106. The molecular formula is C82H93B2O6Y. The largest absolute Gasteiger partial charge is 3.00 e. The van der Waals surface area contributed by atoms with Crippen molar-refractivity contribution in [3.05, 3.63) is 314 Å². The first kappa shape index (κ1) is 71.6. The summed E-state index contributed by atoms with van der Waals surface area (Å²) in [6.07, 6.45) is 10.3. The van der Waals surface area contributed by atoms with Crippen LogP contribution in [0.25, 0.3) is 0 Å². The molecule has 0 unspecified atom stereocenters. The second kappa shape index (κ2) is 41.6. The molecule has 0 radical (unpaired) electrons. The van der Waals surface area contributed by atoms with Crippen LogP contribution in [0.1, 0.15) is 82.3 Å². The molecule has 0 aliphatic carbocycles. The Morgan fingerprint density at radius 3 is 0.451 bits per heavy atom. The molecule has 0 aromatic heterocycles. The topological polar surface area (TPSA) is 69.2 Å². The molecule has 5 heterocycles. The summed E-state index contributed by atoms with van der Waals surface area (Å²) >= 11 is 0. The maximum absolute atomic E-state index is 12.5. The second-order valence-electron chi connectivity index (χ2n) is 23.4. The van der Waals surface area contributed by atoms with E-state index in [4.69, 9.17) is 23.7 Å². The summed E-state index contributed by atoms with van der Waals surface area (Å²) in [5, 5.41) is 12.5. The van der Waals surface area contributed by atoms with Crippen molar-refractivity contribution in [2.24, 2.45) is 0 Å². The zero-order valence-electron chi connectivity index (χ0n) is 53.7. The molecular weight excluding hydrogens is 1190 g/mol. The predicted molar refractivity (Wildman–Crippen MR) is 380 cm³/mol. The smallest absolute Gasteiger partial charge is 0.843 e. The third-order valence-electron chi connectivity index (χ3n) is 17.2. The standard InChI is InChI=1S/2C24H20B.C14H13O.5C4H8O.Y/c2*1-5-13-21(14-6-1)25(22-15-7-2-8-16-22,23-17-9-3-10-18-23)24-19-11-4-12-20-24;1-14(15,12-8-4-2-5-9-12)13-10-6-3-7-11-13;5*1-2-4-5-3-1;/h2*1-20H;2-11H,1H3;5*1-4H2;/q3*-1;;;;;;+3. The minimum absolute atomic E-state index is 0. The molecule has 10 aromatic carbocycles. The van der Waals surface area contributed by atoms with Gasteiger partial charge in [-0.2, -0.15) is 43.7 Å². The van der Waals surface area contributed by atoms with Crippen LogP contribution >= 0.6 is 0 Å². The van der Waals surface area contributed by atoms with Gasteiger partial charge in [0.05, 0.1) is 0 Å². The molecule has 10 aromatic rings. The van der Waals surface area contributed by atoms with Crippen LogP contribution in [0.5, 0.6) is 0 Å². The van der Waals surface area contributed by atoms with Crippen molar-refractivity contribution in [2.75, 3.05) is 66.1 Å². The Morgan fingerprint density at radius 1 is 0.220 bits per heavy atom. The number of rotatable bonds is 10. The Morgan fingerprint density at radius 2 is 0.341 bits per heavy atom. The minimum Gasteiger partial charge on any atom is -0.843 e. The van der Waals surface area contributed by atoms with Gasteiger partial charge in [-0.25, -0.2) is 0 Å². The van der Waals surface area contributed by atoms with Crippen LogP contribution in [0.4, 0.5) is 0 Å². The number of hydrogen-bond acceptors (Lipinski definition) is 6. The van der Waals surface area contributed by atoms with E-state index in [-0.39, 0.29) is 32.7 Å². The summed E-state index contributed by atoms with van der Waals surface area (Å²) in [7, 11) is 0. The van der Waals surface area contributed by atoms with E-state index in [9.17, 15) is 5.11 Å². The van der Waals surface area contributed by atoms with Crippen molar-refractivity contribution in [3.8, 4) is 0 Å². The molecule has 5 aliphatic rings. The first-order chi connectivity index (χ1) is 44.6. The second-order valence-corrected chi connectivity index (χ2v) is 23.4. The summed E-state index contributed by atoms with van der Waals surface area (Å²) in [5.41, 5.74) is 11.2. The van der Waals surface area contributed by atoms with E-state index in [1.165, 1.54) is 108 Å². The molecule has 0 amide bonds. The summed E-state index contributed by atoms with van der Waals surface area (Å²) < 4.78 is 24.7. The van der Waals surface area contributed by atoms with Crippen LogP contribution in [0.15, 0.2) is 303 Å². The van der Waals surface area contributed by atoms with Gasteiger partial charge < -0.3 is 28.8 Å². The van der Waals surface area contributed by atoms with Crippen LogP contribution < -0.4 is 48.8 Å². The van der Waals surface area contributed by atoms with E-state index < -0.39 is 17.9 Å². The van der Waals surface area contributed by atoms with Crippen LogP contribution in [0.2, 0.25) is 0 Å². The molecule has 5 saturated heterocycles. The Hall–Kier alpha value is -6.81. The van der Waals surface area contributed by atoms with Crippen molar-refractivity contribution in [1.29, 1.82) is 0 Å². The number of benzene rings is 10. The molecule has 5 fully saturated rings. The molecule has 0 spiro atoms. The van der Waals surface area contributed by atoms with Crippen LogP contribution in [-0.2, 0) is 62.0 Å². The molecule has 0 bridgehead atoms. The summed E-state index contributed by atoms with van der Waals surface area (Å²) in [6.45, 7) is 11.7. The van der Waals surface area contributed by atoms with Crippen molar-refractivity contribution in [2.45, 2.75) is 76.7 Å². The predicted octanol–water partition coefficient (Wildman–Crippen LogP) is 12.4. The Balaban J connectivity index is 0.000000164. The van der Waals surface area contributed by atoms with E-state index in [0.717, 1.165) is 77.2 Å². The third kappa shape index (κ3) is 21.9. The monoisotopic (exact) mass is 1280 g/mol. The third-order valence-corrected chi connectivity index (χ3v) is 17.2. The normalized spacial score (nSPS) is 14.6. The molecule has 0 saturated carbocycles. The quantitative estimate of drug-likeness (QED) is 0.127. The maximum Gasteiger partial charge on any atom is 3.00 e. The Kier molecular flexibility index (Phi) is 32.8. The van der Waals surface area contributed by atoms with Gasteiger partial charge in [0.1, 0.15) is 12.3 Å². The van der Waals surface area contributed by atoms with Crippen LogP contribution in [0.3, 0.4) is 0 Å². The van der Waals surface area contributed by atoms with Gasteiger partial charge in [0.15, 0.2) is 0 Å². The van der Waals surface area contributed by atoms with E-state index in [1.807, 2.05) is 60.7 Å². The fraction of sp³-hybridized carbons (Fsp3) is 0.268. The van der Waals surface area contributed by atoms with Gasteiger partial charge in [-0.3, -0.25) is 0 Å². The average Bonchev–Trinajstić information content (AvgIpc) is 1.47. The SMILES string of the molecule is C1CCOC1.C1CCOC1.C1CCOC1.C1CCOC1.C1CCOC1.CC([O-])(c1ccccc1)c1ccccc1.[Y+3].c1ccc([B-](c2ccccc2)(c2ccccc2)c2ccccc2)cc1.c1ccc([B-](c2ccccc2)(c2ccccc2)c2ccccc2)cc1. The fourth-order valence-electron chi connectivity index (χ4n) is 12.5. The minimum atomic E-state index is -1.22. The van der Waals surface area contributed by atoms with Gasteiger partial charge in [-0.05, 0) is 64.2 Å². The number of ether oxygens (including phenoxy) is 5. The van der Waals surface area contributed by atoms with Gasteiger partial charge in [0, 0.05) is 66.1 Å². The molecule has 91 heavy (non-hydrogen) atoms. The zero-order chi connectivity index (χ0) is 62.3. The van der Waals surface area contributed by atoms with Crippen LogP contribution in [-0.4, -0.2) is 78.4 Å². The zero-order valence-corrected chi connectivity index (χ0v) is 56.5. The first-order valence-electron chi connectivity index (χ1n) is 33.0. The first-order valence-corrected chi connectivity index (χ1v) is 33.0. The van der Waals surface area contributed by atoms with E-state index in [0.29, 0.717) is 0 Å². The van der Waals surface area contributed by atoms with Crippen molar-refractivity contribution >= 4 is 56.0 Å². The molecule has 0 atom stereocenters. The van der Waals surface area contributed by atoms with Gasteiger partial charge in [0.2, 0.25) is 0 Å².